The fraction of sp³-hybridized carbons (Fsp3) is 0.227. The molecule has 0 saturated heterocycles. The quantitative estimate of drug-likeness (QED) is 0.442. The summed E-state index contributed by atoms with van der Waals surface area (Å²) in [5.41, 5.74) is 1.78. The van der Waals surface area contributed by atoms with Crippen LogP contribution in [0.3, 0.4) is 0 Å². The number of benzene rings is 1. The SMILES string of the molecule is CCCC(=O)OCc1cnc(C)c2oc(=O)c(-c3nc(-c4ccccc4)no3)cc12. The molecule has 0 N–H and O–H groups in total. The molecule has 0 aliphatic rings. The summed E-state index contributed by atoms with van der Waals surface area (Å²) in [4.78, 5) is 32.9. The Morgan fingerprint density at radius 2 is 2.00 bits per heavy atom. The monoisotopic (exact) mass is 405 g/mol. The first-order chi connectivity index (χ1) is 14.6. The smallest absolute Gasteiger partial charge is 0.349 e. The molecule has 1 aromatic carbocycles. The van der Waals surface area contributed by atoms with Crippen LogP contribution in [0.1, 0.15) is 31.0 Å². The molecule has 3 heterocycles. The lowest BCUT2D eigenvalue weighted by molar-refractivity contribution is -0.144. The highest BCUT2D eigenvalue weighted by molar-refractivity contribution is 5.85. The lowest BCUT2D eigenvalue weighted by atomic mass is 10.1. The van der Waals surface area contributed by atoms with Gasteiger partial charge in [-0.2, -0.15) is 4.98 Å². The number of nitrogens with zero attached hydrogens (tertiary/aromatic N) is 3. The zero-order chi connectivity index (χ0) is 21.1. The molecule has 0 bridgehead atoms. The molecular formula is C22H19N3O5. The van der Waals surface area contributed by atoms with Crippen molar-refractivity contribution in [3.8, 4) is 22.8 Å². The lowest BCUT2D eigenvalue weighted by Gasteiger charge is -2.09. The van der Waals surface area contributed by atoms with Crippen LogP contribution in [-0.2, 0) is 16.1 Å². The van der Waals surface area contributed by atoms with Crippen LogP contribution in [0.15, 0.2) is 56.3 Å². The number of aromatic nitrogens is 3. The summed E-state index contributed by atoms with van der Waals surface area (Å²) in [7, 11) is 0. The van der Waals surface area contributed by atoms with Crippen LogP contribution < -0.4 is 5.63 Å². The van der Waals surface area contributed by atoms with Crippen molar-refractivity contribution >= 4 is 16.9 Å². The third kappa shape index (κ3) is 3.84. The summed E-state index contributed by atoms with van der Waals surface area (Å²) < 4.78 is 16.1. The summed E-state index contributed by atoms with van der Waals surface area (Å²) in [6.07, 6.45) is 2.64. The minimum Gasteiger partial charge on any atom is -0.461 e. The van der Waals surface area contributed by atoms with Gasteiger partial charge in [-0.05, 0) is 19.4 Å². The molecule has 4 rings (SSSR count). The summed E-state index contributed by atoms with van der Waals surface area (Å²) in [5.74, 6) is 0.117. The largest absolute Gasteiger partial charge is 0.461 e. The Labute approximate surface area is 171 Å². The van der Waals surface area contributed by atoms with Crippen LogP contribution in [-0.4, -0.2) is 21.1 Å². The van der Waals surface area contributed by atoms with Crippen LogP contribution in [0.2, 0.25) is 0 Å². The molecule has 0 unspecified atom stereocenters. The second-order valence-electron chi connectivity index (χ2n) is 6.76. The average Bonchev–Trinajstić information content (AvgIpc) is 3.24. The summed E-state index contributed by atoms with van der Waals surface area (Å²) in [6.45, 7) is 3.66. The molecule has 0 fully saturated rings. The summed E-state index contributed by atoms with van der Waals surface area (Å²) >= 11 is 0. The van der Waals surface area contributed by atoms with Gasteiger partial charge in [-0.25, -0.2) is 4.79 Å². The number of carbonyl (C=O) groups is 1. The molecule has 4 aromatic rings. The van der Waals surface area contributed by atoms with Gasteiger partial charge in [-0.15, -0.1) is 0 Å². The van der Waals surface area contributed by atoms with E-state index in [1.54, 1.807) is 19.2 Å². The second kappa shape index (κ2) is 8.28. The van der Waals surface area contributed by atoms with Crippen molar-refractivity contribution in [2.75, 3.05) is 0 Å². The van der Waals surface area contributed by atoms with Crippen LogP contribution in [0, 0.1) is 6.92 Å². The molecule has 0 aliphatic heterocycles. The van der Waals surface area contributed by atoms with Crippen molar-refractivity contribution in [1.29, 1.82) is 0 Å². The van der Waals surface area contributed by atoms with Crippen LogP contribution in [0.5, 0.6) is 0 Å². The maximum Gasteiger partial charge on any atom is 0.349 e. The molecule has 30 heavy (non-hydrogen) atoms. The molecule has 0 saturated carbocycles. The summed E-state index contributed by atoms with van der Waals surface area (Å²) in [5, 5.41) is 4.55. The number of carbonyl (C=O) groups excluding carboxylic acids is 1. The lowest BCUT2D eigenvalue weighted by Crippen LogP contribution is -2.07. The van der Waals surface area contributed by atoms with E-state index >= 15 is 0 Å². The standard InChI is InChI=1S/C22H19N3O5/c1-3-7-18(26)28-12-15-11-23-13(2)19-16(15)10-17(22(27)29-19)21-24-20(25-30-21)14-8-5-4-6-9-14/h4-6,8-11H,3,7,12H2,1-2H3. The third-order valence-electron chi connectivity index (χ3n) is 4.57. The van der Waals surface area contributed by atoms with Crippen molar-refractivity contribution in [3.63, 3.8) is 0 Å². The molecule has 0 amide bonds. The topological polar surface area (TPSA) is 108 Å². The van der Waals surface area contributed by atoms with Gasteiger partial charge >= 0.3 is 11.6 Å². The highest BCUT2D eigenvalue weighted by atomic mass is 16.5. The Kier molecular flexibility index (Phi) is 5.38. The van der Waals surface area contributed by atoms with Gasteiger partial charge in [-0.1, -0.05) is 42.4 Å². The first-order valence-electron chi connectivity index (χ1n) is 9.54. The van der Waals surface area contributed by atoms with E-state index in [0.29, 0.717) is 40.9 Å². The third-order valence-corrected chi connectivity index (χ3v) is 4.57. The molecule has 0 aliphatic carbocycles. The number of aryl methyl sites for hydroxylation is 1. The number of esters is 1. The van der Waals surface area contributed by atoms with E-state index in [9.17, 15) is 9.59 Å². The fourth-order valence-corrected chi connectivity index (χ4v) is 3.02. The van der Waals surface area contributed by atoms with E-state index in [-0.39, 0.29) is 24.0 Å². The molecule has 0 atom stereocenters. The minimum absolute atomic E-state index is 0.0227. The maximum absolute atomic E-state index is 12.6. The highest BCUT2D eigenvalue weighted by Crippen LogP contribution is 2.26. The van der Waals surface area contributed by atoms with E-state index in [1.165, 1.54) is 0 Å². The van der Waals surface area contributed by atoms with Crippen LogP contribution >= 0.6 is 0 Å². The van der Waals surface area contributed by atoms with Crippen molar-refractivity contribution in [3.05, 3.63) is 64.3 Å². The fourth-order valence-electron chi connectivity index (χ4n) is 3.02. The number of pyridine rings is 1. The van der Waals surface area contributed by atoms with Crippen LogP contribution in [0.25, 0.3) is 33.8 Å². The molecule has 3 aromatic heterocycles. The first kappa shape index (κ1) is 19.5. The molecule has 8 heteroatoms. The van der Waals surface area contributed by atoms with Gasteiger partial charge in [0.05, 0.1) is 5.69 Å². The highest BCUT2D eigenvalue weighted by Gasteiger charge is 2.19. The van der Waals surface area contributed by atoms with E-state index in [0.717, 1.165) is 5.56 Å². The maximum atomic E-state index is 12.6. The van der Waals surface area contributed by atoms with Crippen molar-refractivity contribution in [2.45, 2.75) is 33.3 Å². The number of hydrogen-bond donors (Lipinski definition) is 0. The van der Waals surface area contributed by atoms with Gasteiger partial charge in [0.2, 0.25) is 5.82 Å². The van der Waals surface area contributed by atoms with E-state index in [4.69, 9.17) is 13.7 Å². The Hall–Kier alpha value is -3.81. The number of ether oxygens (including phenoxy) is 1. The van der Waals surface area contributed by atoms with Crippen molar-refractivity contribution < 1.29 is 18.5 Å². The van der Waals surface area contributed by atoms with Gasteiger partial charge in [0.1, 0.15) is 12.2 Å². The molecule has 8 nitrogen and oxygen atoms in total. The zero-order valence-electron chi connectivity index (χ0n) is 16.5. The Morgan fingerprint density at radius 3 is 2.77 bits per heavy atom. The average molecular weight is 405 g/mol. The predicted octanol–water partition coefficient (Wildman–Crippen LogP) is 4.06. The second-order valence-corrected chi connectivity index (χ2v) is 6.76. The molecule has 152 valence electrons. The van der Waals surface area contributed by atoms with E-state index < -0.39 is 5.63 Å². The number of rotatable bonds is 6. The van der Waals surface area contributed by atoms with Gasteiger partial charge in [0.25, 0.3) is 5.89 Å². The molecule has 0 radical (unpaired) electrons. The molecular weight excluding hydrogens is 386 g/mol. The Bertz CT molecular complexity index is 1260. The minimum atomic E-state index is -0.615. The van der Waals surface area contributed by atoms with Crippen molar-refractivity contribution in [2.24, 2.45) is 0 Å². The van der Waals surface area contributed by atoms with Gasteiger partial charge in [-0.3, -0.25) is 9.78 Å². The normalized spacial score (nSPS) is 11.0. The summed E-state index contributed by atoms with van der Waals surface area (Å²) in [6, 6.07) is 10.9. The van der Waals surface area contributed by atoms with Gasteiger partial charge in [0.15, 0.2) is 5.58 Å². The Morgan fingerprint density at radius 1 is 1.20 bits per heavy atom. The van der Waals surface area contributed by atoms with E-state index in [1.807, 2.05) is 37.3 Å². The van der Waals surface area contributed by atoms with Gasteiger partial charge < -0.3 is 13.7 Å². The number of fused-ring (bicyclic) bond motifs is 1. The van der Waals surface area contributed by atoms with E-state index in [2.05, 4.69) is 15.1 Å². The molecule has 0 spiro atoms. The predicted molar refractivity (Wildman–Crippen MR) is 108 cm³/mol. The Balaban J connectivity index is 1.75. The zero-order valence-corrected chi connectivity index (χ0v) is 16.5. The first-order valence-corrected chi connectivity index (χ1v) is 9.54. The number of hydrogen-bond acceptors (Lipinski definition) is 8. The van der Waals surface area contributed by atoms with Crippen LogP contribution in [0.4, 0.5) is 0 Å². The van der Waals surface area contributed by atoms with Gasteiger partial charge in [0, 0.05) is 29.1 Å². The van der Waals surface area contributed by atoms with Crippen molar-refractivity contribution in [1.82, 2.24) is 15.1 Å².